The highest BCUT2D eigenvalue weighted by atomic mass is 16.3. The van der Waals surface area contributed by atoms with E-state index in [0.717, 1.165) is 92.3 Å². The average Bonchev–Trinajstić information content (AvgIpc) is 3.52. The van der Waals surface area contributed by atoms with Crippen molar-refractivity contribution in [3.05, 3.63) is 30.5 Å². The lowest BCUT2D eigenvalue weighted by Gasteiger charge is -2.21. The van der Waals surface area contributed by atoms with E-state index in [1.165, 1.54) is 12.8 Å². The zero-order valence-electron chi connectivity index (χ0n) is 22.7. The molecule has 38 heavy (non-hydrogen) atoms. The summed E-state index contributed by atoms with van der Waals surface area (Å²) in [5, 5.41) is 22.7. The van der Waals surface area contributed by atoms with Gasteiger partial charge in [-0.25, -0.2) is 14.5 Å². The first-order chi connectivity index (χ1) is 18.5. The van der Waals surface area contributed by atoms with E-state index in [-0.39, 0.29) is 24.2 Å². The Balaban J connectivity index is 1.42. The van der Waals surface area contributed by atoms with Gasteiger partial charge in [-0.05, 0) is 63.5 Å². The van der Waals surface area contributed by atoms with Gasteiger partial charge in [0.2, 0.25) is 5.95 Å². The minimum absolute atomic E-state index is 0.0635. The van der Waals surface area contributed by atoms with Crippen LogP contribution in [0.25, 0.3) is 22.3 Å². The SMILES string of the molecule is CCCCNc1ncc2c(-c3ccc(N(C)C(=O)NC4CCCC4)cc3)nn(C3CCC[C@@H](O)CC3)c2n1. The maximum atomic E-state index is 12.7. The van der Waals surface area contributed by atoms with Crippen molar-refractivity contribution in [2.24, 2.45) is 0 Å². The number of unbranched alkanes of at least 4 members (excludes halogenated alkanes) is 1. The number of aliphatic hydroxyl groups excluding tert-OH is 1. The Bertz CT molecular complexity index is 1220. The molecule has 3 aromatic rings. The van der Waals surface area contributed by atoms with Crippen molar-refractivity contribution in [2.45, 2.75) is 95.7 Å². The fourth-order valence-corrected chi connectivity index (χ4v) is 5.66. The lowest BCUT2D eigenvalue weighted by molar-refractivity contribution is 0.156. The number of urea groups is 1. The number of carbonyl (C=O) groups excluding carboxylic acids is 1. The fourth-order valence-electron chi connectivity index (χ4n) is 5.66. The Labute approximate surface area is 225 Å². The number of aliphatic hydroxyl groups is 1. The van der Waals surface area contributed by atoms with Gasteiger partial charge in [0, 0.05) is 37.1 Å². The first kappa shape index (κ1) is 26.4. The maximum absolute atomic E-state index is 12.7. The molecule has 9 heteroatoms. The van der Waals surface area contributed by atoms with Crippen LogP contribution in [0.2, 0.25) is 0 Å². The maximum Gasteiger partial charge on any atom is 0.321 e. The Morgan fingerprint density at radius 3 is 2.63 bits per heavy atom. The third-order valence-electron chi connectivity index (χ3n) is 8.03. The van der Waals surface area contributed by atoms with E-state index in [2.05, 4.69) is 27.2 Å². The highest BCUT2D eigenvalue weighted by Crippen LogP contribution is 2.34. The third kappa shape index (κ3) is 5.93. The van der Waals surface area contributed by atoms with Crippen molar-refractivity contribution in [2.75, 3.05) is 23.8 Å². The van der Waals surface area contributed by atoms with Gasteiger partial charge in [0.05, 0.1) is 17.5 Å². The summed E-state index contributed by atoms with van der Waals surface area (Å²) in [6, 6.07) is 8.38. The molecule has 5 rings (SSSR count). The van der Waals surface area contributed by atoms with E-state index in [1.54, 1.807) is 4.90 Å². The number of carbonyl (C=O) groups is 1. The molecule has 0 bridgehead atoms. The lowest BCUT2D eigenvalue weighted by atomic mass is 10.1. The normalized spacial score (nSPS) is 20.4. The summed E-state index contributed by atoms with van der Waals surface area (Å²) in [4.78, 5) is 23.9. The summed E-state index contributed by atoms with van der Waals surface area (Å²) in [6.07, 6.45) is 12.7. The summed E-state index contributed by atoms with van der Waals surface area (Å²) >= 11 is 0. The van der Waals surface area contributed by atoms with Gasteiger partial charge in [0.25, 0.3) is 0 Å². The average molecular weight is 520 g/mol. The van der Waals surface area contributed by atoms with Crippen LogP contribution in [-0.4, -0.2) is 56.6 Å². The number of hydrogen-bond acceptors (Lipinski definition) is 6. The van der Waals surface area contributed by atoms with E-state index in [1.807, 2.05) is 37.5 Å². The van der Waals surface area contributed by atoms with Crippen LogP contribution in [0.5, 0.6) is 0 Å². The predicted molar refractivity (Wildman–Crippen MR) is 151 cm³/mol. The van der Waals surface area contributed by atoms with Crippen LogP contribution >= 0.6 is 0 Å². The second-order valence-corrected chi connectivity index (χ2v) is 10.9. The molecular weight excluding hydrogens is 478 g/mol. The smallest absolute Gasteiger partial charge is 0.321 e. The highest BCUT2D eigenvalue weighted by molar-refractivity contribution is 5.94. The molecule has 9 nitrogen and oxygen atoms in total. The van der Waals surface area contributed by atoms with Gasteiger partial charge in [-0.3, -0.25) is 4.90 Å². The second kappa shape index (κ2) is 12.1. The lowest BCUT2D eigenvalue weighted by Crippen LogP contribution is -2.42. The number of hydrogen-bond donors (Lipinski definition) is 3. The van der Waals surface area contributed by atoms with Crippen molar-refractivity contribution in [3.63, 3.8) is 0 Å². The second-order valence-electron chi connectivity index (χ2n) is 10.9. The molecule has 0 radical (unpaired) electrons. The van der Waals surface area contributed by atoms with Gasteiger partial charge in [-0.15, -0.1) is 0 Å². The number of nitrogens with one attached hydrogen (secondary N) is 2. The summed E-state index contributed by atoms with van der Waals surface area (Å²) in [5.41, 5.74) is 3.47. The van der Waals surface area contributed by atoms with Gasteiger partial charge >= 0.3 is 6.03 Å². The van der Waals surface area contributed by atoms with Crippen molar-refractivity contribution in [3.8, 4) is 11.3 Å². The Hall–Kier alpha value is -3.20. The number of anilines is 2. The summed E-state index contributed by atoms with van der Waals surface area (Å²) in [7, 11) is 1.81. The zero-order valence-corrected chi connectivity index (χ0v) is 22.7. The molecule has 0 aliphatic heterocycles. The van der Waals surface area contributed by atoms with Gasteiger partial charge in [-0.1, -0.05) is 38.3 Å². The van der Waals surface area contributed by atoms with Crippen LogP contribution in [0, 0.1) is 0 Å². The monoisotopic (exact) mass is 519 g/mol. The van der Waals surface area contributed by atoms with Crippen LogP contribution in [0.1, 0.15) is 83.6 Å². The molecule has 2 fully saturated rings. The quantitative estimate of drug-likeness (QED) is 0.262. The molecule has 2 saturated carbocycles. The van der Waals surface area contributed by atoms with Gasteiger partial charge in [0.15, 0.2) is 5.65 Å². The van der Waals surface area contributed by atoms with E-state index < -0.39 is 0 Å². The predicted octanol–water partition coefficient (Wildman–Crippen LogP) is 5.66. The number of fused-ring (bicyclic) bond motifs is 1. The molecule has 2 aliphatic carbocycles. The van der Waals surface area contributed by atoms with E-state index >= 15 is 0 Å². The Morgan fingerprint density at radius 1 is 1.08 bits per heavy atom. The topological polar surface area (TPSA) is 108 Å². The molecule has 2 amide bonds. The molecule has 2 heterocycles. The standard InChI is InChI=1S/C29H41N7O2/c1-3-4-18-30-28-31-19-25-26(34-36(27(25)33-28)23-10-7-11-24(37)17-16-23)20-12-14-22(15-13-20)35(2)29(38)32-21-8-5-6-9-21/h12-15,19,21,23-24,37H,3-11,16-18H2,1-2H3,(H,32,38)(H,30,31,33)/t23?,24-/m1/s1. The summed E-state index contributed by atoms with van der Waals surface area (Å²) < 4.78 is 2.06. The van der Waals surface area contributed by atoms with Crippen LogP contribution < -0.4 is 15.5 Å². The number of amides is 2. The molecule has 0 saturated heterocycles. The minimum Gasteiger partial charge on any atom is -0.393 e. The molecule has 3 N–H and O–H groups in total. The first-order valence-electron chi connectivity index (χ1n) is 14.4. The summed E-state index contributed by atoms with van der Waals surface area (Å²) in [6.45, 7) is 3.00. The highest BCUT2D eigenvalue weighted by Gasteiger charge is 2.25. The van der Waals surface area contributed by atoms with Gasteiger partial charge in [-0.2, -0.15) is 10.1 Å². The molecule has 2 atom stereocenters. The number of rotatable bonds is 8. The Morgan fingerprint density at radius 2 is 1.87 bits per heavy atom. The zero-order chi connectivity index (χ0) is 26.5. The van der Waals surface area contributed by atoms with Gasteiger partial charge in [0.1, 0.15) is 5.69 Å². The Kier molecular flexibility index (Phi) is 8.42. The van der Waals surface area contributed by atoms with E-state index in [4.69, 9.17) is 10.1 Å². The molecule has 204 valence electrons. The van der Waals surface area contributed by atoms with Crippen molar-refractivity contribution in [1.29, 1.82) is 0 Å². The molecule has 1 aromatic carbocycles. The number of benzene rings is 1. The molecule has 2 aromatic heterocycles. The summed E-state index contributed by atoms with van der Waals surface area (Å²) in [5.74, 6) is 0.623. The molecule has 0 spiro atoms. The largest absolute Gasteiger partial charge is 0.393 e. The van der Waals surface area contributed by atoms with Crippen LogP contribution in [0.15, 0.2) is 30.5 Å². The molecular formula is C29H41N7O2. The van der Waals surface area contributed by atoms with Gasteiger partial charge < -0.3 is 15.7 Å². The first-order valence-corrected chi connectivity index (χ1v) is 14.4. The number of nitrogens with zero attached hydrogens (tertiary/aromatic N) is 5. The van der Waals surface area contributed by atoms with E-state index in [0.29, 0.717) is 5.95 Å². The van der Waals surface area contributed by atoms with Crippen LogP contribution in [-0.2, 0) is 0 Å². The van der Waals surface area contributed by atoms with Crippen molar-refractivity contribution in [1.82, 2.24) is 25.1 Å². The van der Waals surface area contributed by atoms with Crippen LogP contribution in [0.4, 0.5) is 16.4 Å². The third-order valence-corrected chi connectivity index (χ3v) is 8.03. The number of aromatic nitrogens is 4. The van der Waals surface area contributed by atoms with E-state index in [9.17, 15) is 9.90 Å². The van der Waals surface area contributed by atoms with Crippen molar-refractivity contribution < 1.29 is 9.90 Å². The molecule has 2 aliphatic rings. The van der Waals surface area contributed by atoms with Crippen LogP contribution in [0.3, 0.4) is 0 Å². The minimum atomic E-state index is -0.238. The molecule has 1 unspecified atom stereocenters. The fraction of sp³-hybridized carbons (Fsp3) is 0.586. The van der Waals surface area contributed by atoms with Crippen molar-refractivity contribution >= 4 is 28.7 Å².